The molecule has 3 atom stereocenters. The molecule has 0 radical (unpaired) electrons. The summed E-state index contributed by atoms with van der Waals surface area (Å²) in [7, 11) is 1.63. The predicted octanol–water partition coefficient (Wildman–Crippen LogP) is 17.8. The first-order valence-electron chi connectivity index (χ1n) is 29.6. The summed E-state index contributed by atoms with van der Waals surface area (Å²) >= 11 is 0. The number of phosphoric acid groups is 1. The third-order valence-corrected chi connectivity index (χ3v) is 14.7. The highest BCUT2D eigenvalue weighted by atomic mass is 31.2. The highest BCUT2D eigenvalue weighted by Crippen LogP contribution is 2.43. The maximum atomic E-state index is 13.0. The van der Waals surface area contributed by atoms with Crippen LogP contribution in [0.25, 0.3) is 0 Å². The Hall–Kier alpha value is -0.760. The normalized spacial score (nSPS) is 14.0. The Morgan fingerprint density at radius 2 is 0.806 bits per heavy atom. The van der Waals surface area contributed by atoms with Crippen LogP contribution in [-0.2, 0) is 18.4 Å². The fourth-order valence-electron chi connectivity index (χ4n) is 9.10. The van der Waals surface area contributed by atoms with E-state index in [0.717, 1.165) is 38.5 Å². The monoisotopic (exact) mass is 970 g/mol. The van der Waals surface area contributed by atoms with Crippen LogP contribution in [0.4, 0.5) is 0 Å². The van der Waals surface area contributed by atoms with Gasteiger partial charge in [-0.2, -0.15) is 0 Å². The SMILES string of the molecule is CCCCCCCCCCCCCC/C=C\CCCCCCCCCC(=O)NC(COP(=O)(O)OCC[N+](C)(C)C)C(O)CCCCCCCCCCCCCCCCCCCCCCCC. The Labute approximate surface area is 418 Å². The highest BCUT2D eigenvalue weighted by molar-refractivity contribution is 7.47. The number of aliphatic hydroxyl groups excluding tert-OH is 1. The molecule has 0 aliphatic heterocycles. The standard InChI is InChI=1S/C58H117N2O6P/c1-6-8-10-12-14-16-18-20-22-24-26-28-30-32-34-36-38-40-42-44-46-48-50-52-58(62)59-56(55-66-67(63,64)65-54-53-60(3,4)5)57(61)51-49-47-45-43-41-39-37-35-33-31-29-27-25-23-21-19-17-15-13-11-9-7-2/h32,34,56-57,61H,6-31,33,35-55H2,1-5H3,(H-,59,62,63,64)/p+1/b34-32-. The van der Waals surface area contributed by atoms with E-state index in [4.69, 9.17) is 9.05 Å². The van der Waals surface area contributed by atoms with Gasteiger partial charge in [-0.25, -0.2) is 4.57 Å². The van der Waals surface area contributed by atoms with Crippen LogP contribution in [0.2, 0.25) is 0 Å². The van der Waals surface area contributed by atoms with Crippen LogP contribution in [0.1, 0.15) is 303 Å². The van der Waals surface area contributed by atoms with Gasteiger partial charge in [0, 0.05) is 6.42 Å². The van der Waals surface area contributed by atoms with Crippen LogP contribution in [-0.4, -0.2) is 73.4 Å². The maximum Gasteiger partial charge on any atom is 0.472 e. The van der Waals surface area contributed by atoms with E-state index in [1.54, 1.807) is 0 Å². The third kappa shape index (κ3) is 52.9. The number of likely N-dealkylation sites (N-methyl/N-ethyl adjacent to an activating group) is 1. The number of carbonyl (C=O) groups is 1. The first-order chi connectivity index (χ1) is 32.5. The summed E-state index contributed by atoms with van der Waals surface area (Å²) in [4.78, 5) is 23.3. The number of hydrogen-bond donors (Lipinski definition) is 3. The quantitative estimate of drug-likeness (QED) is 0.0243. The molecule has 0 aliphatic carbocycles. The van der Waals surface area contributed by atoms with Crippen molar-refractivity contribution >= 4 is 13.7 Å². The van der Waals surface area contributed by atoms with Crippen molar-refractivity contribution in [2.45, 2.75) is 315 Å². The van der Waals surface area contributed by atoms with Crippen LogP contribution in [0.15, 0.2) is 12.2 Å². The lowest BCUT2D eigenvalue weighted by Gasteiger charge is -2.26. The molecule has 67 heavy (non-hydrogen) atoms. The molecule has 8 nitrogen and oxygen atoms in total. The molecule has 1 amide bonds. The minimum absolute atomic E-state index is 0.0763. The second-order valence-corrected chi connectivity index (χ2v) is 23.2. The van der Waals surface area contributed by atoms with Gasteiger partial charge in [-0.1, -0.05) is 270 Å². The van der Waals surface area contributed by atoms with Gasteiger partial charge in [-0.05, 0) is 38.5 Å². The number of nitrogens with one attached hydrogen (secondary N) is 1. The molecular weight excluding hydrogens is 852 g/mol. The number of amides is 1. The number of hydrogen-bond acceptors (Lipinski definition) is 5. The number of quaternary nitrogens is 1. The van der Waals surface area contributed by atoms with E-state index in [2.05, 4.69) is 31.3 Å². The van der Waals surface area contributed by atoms with Gasteiger partial charge in [0.05, 0.1) is 39.9 Å². The molecule has 0 rings (SSSR count). The molecule has 0 aromatic carbocycles. The summed E-state index contributed by atoms with van der Waals surface area (Å²) in [5, 5.41) is 14.1. The van der Waals surface area contributed by atoms with Crippen LogP contribution < -0.4 is 5.32 Å². The molecule has 0 aromatic heterocycles. The molecule has 3 unspecified atom stereocenters. The van der Waals surface area contributed by atoms with Gasteiger partial charge in [-0.3, -0.25) is 13.8 Å². The lowest BCUT2D eigenvalue weighted by Crippen LogP contribution is -2.46. The average Bonchev–Trinajstić information content (AvgIpc) is 3.29. The van der Waals surface area contributed by atoms with Gasteiger partial charge >= 0.3 is 7.82 Å². The minimum Gasteiger partial charge on any atom is -0.391 e. The number of aliphatic hydroxyl groups is 1. The molecule has 3 N–H and O–H groups in total. The van der Waals surface area contributed by atoms with Crippen molar-refractivity contribution in [3.8, 4) is 0 Å². The lowest BCUT2D eigenvalue weighted by molar-refractivity contribution is -0.870. The Morgan fingerprint density at radius 1 is 0.493 bits per heavy atom. The molecule has 0 saturated carbocycles. The van der Waals surface area contributed by atoms with Crippen LogP contribution in [0, 0.1) is 0 Å². The van der Waals surface area contributed by atoms with E-state index < -0.39 is 20.0 Å². The van der Waals surface area contributed by atoms with Crippen LogP contribution in [0.5, 0.6) is 0 Å². The Kier molecular flexibility index (Phi) is 49.6. The molecule has 0 aromatic rings. The minimum atomic E-state index is -4.32. The van der Waals surface area contributed by atoms with E-state index in [0.29, 0.717) is 23.9 Å². The summed E-state index contributed by atoms with van der Waals surface area (Å²) in [5.41, 5.74) is 0. The Bertz CT molecular complexity index is 1100. The van der Waals surface area contributed by atoms with Crippen molar-refractivity contribution in [1.29, 1.82) is 0 Å². The molecule has 0 fully saturated rings. The number of nitrogens with zero attached hydrogens (tertiary/aromatic N) is 1. The summed E-state index contributed by atoms with van der Waals surface area (Å²) in [5.74, 6) is -0.143. The third-order valence-electron chi connectivity index (χ3n) is 13.8. The summed E-state index contributed by atoms with van der Waals surface area (Å²) in [6.07, 6.45) is 61.2. The summed E-state index contributed by atoms with van der Waals surface area (Å²) < 4.78 is 23.8. The molecular formula is C58H118N2O6P+. The molecule has 0 bridgehead atoms. The van der Waals surface area contributed by atoms with Crippen molar-refractivity contribution in [3.63, 3.8) is 0 Å². The fourth-order valence-corrected chi connectivity index (χ4v) is 9.84. The van der Waals surface area contributed by atoms with E-state index >= 15 is 0 Å². The van der Waals surface area contributed by atoms with Crippen molar-refractivity contribution in [1.82, 2.24) is 5.32 Å². The fraction of sp³-hybridized carbons (Fsp3) is 0.948. The number of rotatable bonds is 55. The van der Waals surface area contributed by atoms with Crippen LogP contribution in [0.3, 0.4) is 0 Å². The smallest absolute Gasteiger partial charge is 0.391 e. The van der Waals surface area contributed by atoms with E-state index in [1.165, 1.54) is 238 Å². The summed E-state index contributed by atoms with van der Waals surface area (Å²) in [6, 6.07) is -0.761. The van der Waals surface area contributed by atoms with Crippen molar-refractivity contribution in [2.75, 3.05) is 40.9 Å². The first kappa shape index (κ1) is 66.2. The molecule has 0 aliphatic rings. The van der Waals surface area contributed by atoms with E-state index in [-0.39, 0.29) is 19.1 Å². The van der Waals surface area contributed by atoms with Crippen molar-refractivity contribution < 1.29 is 32.9 Å². The van der Waals surface area contributed by atoms with E-state index in [1.807, 2.05) is 21.1 Å². The number of carbonyl (C=O) groups excluding carboxylic acids is 1. The van der Waals surface area contributed by atoms with Gasteiger partial charge in [0.1, 0.15) is 13.2 Å². The number of unbranched alkanes of at least 4 members (excludes halogenated alkanes) is 40. The topological polar surface area (TPSA) is 105 Å². The van der Waals surface area contributed by atoms with Crippen molar-refractivity contribution in [2.24, 2.45) is 0 Å². The molecule has 0 saturated heterocycles. The highest BCUT2D eigenvalue weighted by Gasteiger charge is 2.28. The van der Waals surface area contributed by atoms with Gasteiger partial charge in [-0.15, -0.1) is 0 Å². The van der Waals surface area contributed by atoms with Gasteiger partial charge in [0.25, 0.3) is 0 Å². The lowest BCUT2D eigenvalue weighted by atomic mass is 10.0. The van der Waals surface area contributed by atoms with E-state index in [9.17, 15) is 19.4 Å². The molecule has 0 spiro atoms. The Morgan fingerprint density at radius 3 is 1.15 bits per heavy atom. The second-order valence-electron chi connectivity index (χ2n) is 21.7. The largest absolute Gasteiger partial charge is 0.472 e. The molecule has 0 heterocycles. The Balaban J connectivity index is 4.15. The average molecular weight is 971 g/mol. The predicted molar refractivity (Wildman–Crippen MR) is 291 cm³/mol. The molecule has 9 heteroatoms. The van der Waals surface area contributed by atoms with Crippen LogP contribution >= 0.6 is 7.82 Å². The molecule has 400 valence electrons. The first-order valence-corrected chi connectivity index (χ1v) is 31.0. The summed E-state index contributed by atoms with van der Waals surface area (Å²) in [6.45, 7) is 4.94. The van der Waals surface area contributed by atoms with Gasteiger partial charge < -0.3 is 19.8 Å². The van der Waals surface area contributed by atoms with Gasteiger partial charge in [0.15, 0.2) is 0 Å². The zero-order valence-corrected chi connectivity index (χ0v) is 46.6. The van der Waals surface area contributed by atoms with Crippen molar-refractivity contribution in [3.05, 3.63) is 12.2 Å². The maximum absolute atomic E-state index is 13.0. The second kappa shape index (κ2) is 50.2. The zero-order chi connectivity index (χ0) is 49.2. The number of phosphoric ester groups is 1. The number of allylic oxidation sites excluding steroid dienone is 2. The zero-order valence-electron chi connectivity index (χ0n) is 45.7. The van der Waals surface area contributed by atoms with Gasteiger partial charge in [0.2, 0.25) is 5.91 Å².